The summed E-state index contributed by atoms with van der Waals surface area (Å²) in [6.45, 7) is 4.12. The van der Waals surface area contributed by atoms with Gasteiger partial charge in [-0.2, -0.15) is 0 Å². The van der Waals surface area contributed by atoms with E-state index in [9.17, 15) is 24.3 Å². The van der Waals surface area contributed by atoms with Gasteiger partial charge in [-0.3, -0.25) is 14.4 Å². The number of amides is 3. The van der Waals surface area contributed by atoms with Crippen LogP contribution in [0.5, 0.6) is 0 Å². The summed E-state index contributed by atoms with van der Waals surface area (Å²) < 4.78 is 0. The van der Waals surface area contributed by atoms with Crippen LogP contribution in [-0.2, 0) is 32.0 Å². The van der Waals surface area contributed by atoms with Crippen molar-refractivity contribution in [2.45, 2.75) is 76.5 Å². The Bertz CT molecular complexity index is 1050. The van der Waals surface area contributed by atoms with Crippen molar-refractivity contribution in [2.75, 3.05) is 6.54 Å². The Balaban J connectivity index is 2.12. The van der Waals surface area contributed by atoms with Crippen molar-refractivity contribution in [1.82, 2.24) is 25.9 Å². The Morgan fingerprint density at radius 3 is 2.26 bits per heavy atom. The summed E-state index contributed by atoms with van der Waals surface area (Å²) in [5.74, 6) is -3.13. The van der Waals surface area contributed by atoms with Gasteiger partial charge in [0.1, 0.15) is 18.1 Å². The first-order valence-corrected chi connectivity index (χ1v) is 13.3. The van der Waals surface area contributed by atoms with Crippen molar-refractivity contribution in [1.29, 1.82) is 0 Å². The molecule has 9 N–H and O–H groups in total. The standard InChI is InChI=1S/C27H41N7O5/c1-3-17(2)23(34-24(35)20(29)13-18-9-5-4-6-10-18)26(37)32-21(11-7-8-12-28)25(36)33-22(27(38)39)14-19-15-30-16-31-19/h4-6,9-10,15-17,20-23H,3,7-8,11-14,28-29H2,1-2H3,(H,30,31)(H,32,37)(H,33,36)(H,34,35)(H,38,39). The number of imidazole rings is 1. The lowest BCUT2D eigenvalue weighted by molar-refractivity contribution is -0.142. The summed E-state index contributed by atoms with van der Waals surface area (Å²) >= 11 is 0. The third-order valence-corrected chi connectivity index (χ3v) is 6.60. The van der Waals surface area contributed by atoms with Crippen LogP contribution < -0.4 is 27.4 Å². The minimum atomic E-state index is -1.23. The fourth-order valence-electron chi connectivity index (χ4n) is 4.03. The fourth-order valence-corrected chi connectivity index (χ4v) is 4.03. The molecular weight excluding hydrogens is 502 g/mol. The largest absolute Gasteiger partial charge is 0.480 e. The maximum atomic E-state index is 13.4. The highest BCUT2D eigenvalue weighted by atomic mass is 16.4. The van der Waals surface area contributed by atoms with Crippen LogP contribution in [0.3, 0.4) is 0 Å². The van der Waals surface area contributed by atoms with Gasteiger partial charge in [-0.25, -0.2) is 9.78 Å². The highest BCUT2D eigenvalue weighted by molar-refractivity contribution is 5.94. The molecule has 0 bridgehead atoms. The number of carbonyl (C=O) groups is 4. The number of hydrogen-bond donors (Lipinski definition) is 7. The monoisotopic (exact) mass is 543 g/mol. The summed E-state index contributed by atoms with van der Waals surface area (Å²) in [5, 5.41) is 17.6. The molecule has 0 aliphatic rings. The highest BCUT2D eigenvalue weighted by Crippen LogP contribution is 2.11. The van der Waals surface area contributed by atoms with Gasteiger partial charge in [-0.15, -0.1) is 0 Å². The van der Waals surface area contributed by atoms with Crippen LogP contribution in [0.1, 0.15) is 50.8 Å². The minimum absolute atomic E-state index is 0.00457. The van der Waals surface area contributed by atoms with Crippen molar-refractivity contribution in [3.63, 3.8) is 0 Å². The lowest BCUT2D eigenvalue weighted by Crippen LogP contribution is -2.59. The average Bonchev–Trinajstić information content (AvgIpc) is 3.43. The molecule has 2 aromatic rings. The number of rotatable bonds is 17. The molecule has 0 radical (unpaired) electrons. The minimum Gasteiger partial charge on any atom is -0.480 e. The van der Waals surface area contributed by atoms with Gasteiger partial charge in [-0.05, 0) is 43.7 Å². The van der Waals surface area contributed by atoms with Crippen LogP contribution in [0.2, 0.25) is 0 Å². The second-order valence-electron chi connectivity index (χ2n) is 9.69. The fraction of sp³-hybridized carbons (Fsp3) is 0.519. The van der Waals surface area contributed by atoms with E-state index in [0.717, 1.165) is 5.56 Å². The Labute approximate surface area is 228 Å². The van der Waals surface area contributed by atoms with E-state index >= 15 is 0 Å². The number of aliphatic carboxylic acids is 1. The van der Waals surface area contributed by atoms with E-state index in [-0.39, 0.29) is 18.8 Å². The first-order chi connectivity index (χ1) is 18.7. The molecule has 1 aromatic heterocycles. The number of nitrogens with two attached hydrogens (primary N) is 2. The second kappa shape index (κ2) is 16.2. The summed E-state index contributed by atoms with van der Waals surface area (Å²) in [6.07, 6.45) is 5.19. The molecule has 2 rings (SSSR count). The van der Waals surface area contributed by atoms with Crippen LogP contribution in [0.25, 0.3) is 0 Å². The molecule has 0 aliphatic carbocycles. The molecule has 5 unspecified atom stereocenters. The number of hydrogen-bond acceptors (Lipinski definition) is 7. The van der Waals surface area contributed by atoms with E-state index in [1.165, 1.54) is 12.5 Å². The summed E-state index contributed by atoms with van der Waals surface area (Å²) in [7, 11) is 0. The molecule has 1 heterocycles. The van der Waals surface area contributed by atoms with Crippen LogP contribution in [0.15, 0.2) is 42.9 Å². The van der Waals surface area contributed by atoms with Crippen molar-refractivity contribution in [3.8, 4) is 0 Å². The molecular formula is C27H41N7O5. The lowest BCUT2D eigenvalue weighted by Gasteiger charge is -2.28. The molecule has 214 valence electrons. The number of carboxylic acids is 1. The van der Waals surface area contributed by atoms with E-state index in [4.69, 9.17) is 11.5 Å². The zero-order chi connectivity index (χ0) is 28.8. The van der Waals surface area contributed by atoms with Crippen LogP contribution in [0.4, 0.5) is 0 Å². The predicted octanol–water partition coefficient (Wildman–Crippen LogP) is 0.236. The number of carbonyl (C=O) groups excluding carboxylic acids is 3. The quantitative estimate of drug-likeness (QED) is 0.137. The number of aromatic amines is 1. The Hall–Kier alpha value is -3.77. The molecule has 12 heteroatoms. The number of benzene rings is 1. The number of carboxylic acid groups (broad SMARTS) is 1. The maximum Gasteiger partial charge on any atom is 0.326 e. The van der Waals surface area contributed by atoms with Crippen LogP contribution in [0, 0.1) is 5.92 Å². The Morgan fingerprint density at radius 2 is 1.67 bits per heavy atom. The summed E-state index contributed by atoms with van der Waals surface area (Å²) in [6, 6.07) is 5.27. The van der Waals surface area contributed by atoms with Gasteiger partial charge in [0.25, 0.3) is 0 Å². The topological polar surface area (TPSA) is 205 Å². The van der Waals surface area contributed by atoms with E-state index in [1.54, 1.807) is 0 Å². The third kappa shape index (κ3) is 10.5. The van der Waals surface area contributed by atoms with Crippen molar-refractivity contribution < 1.29 is 24.3 Å². The van der Waals surface area contributed by atoms with Crippen molar-refractivity contribution in [2.24, 2.45) is 17.4 Å². The van der Waals surface area contributed by atoms with E-state index in [1.807, 2.05) is 44.2 Å². The second-order valence-corrected chi connectivity index (χ2v) is 9.69. The molecule has 0 saturated carbocycles. The smallest absolute Gasteiger partial charge is 0.326 e. The van der Waals surface area contributed by atoms with Gasteiger partial charge < -0.3 is 37.5 Å². The SMILES string of the molecule is CCC(C)C(NC(=O)C(N)Cc1ccccc1)C(=O)NC(CCCCN)C(=O)NC(Cc1cnc[nH]1)C(=O)O. The predicted molar refractivity (Wildman–Crippen MR) is 146 cm³/mol. The Morgan fingerprint density at radius 1 is 0.974 bits per heavy atom. The molecule has 0 saturated heterocycles. The molecule has 1 aromatic carbocycles. The molecule has 0 fully saturated rings. The van der Waals surface area contributed by atoms with E-state index in [2.05, 4.69) is 25.9 Å². The Kier molecular flexibility index (Phi) is 13.1. The number of H-pyrrole nitrogens is 1. The number of unbranched alkanes of at least 4 members (excludes halogenated alkanes) is 1. The van der Waals surface area contributed by atoms with Crippen molar-refractivity contribution in [3.05, 3.63) is 54.1 Å². The normalized spacial score (nSPS) is 14.9. The van der Waals surface area contributed by atoms with Gasteiger partial charge in [-0.1, -0.05) is 50.6 Å². The van der Waals surface area contributed by atoms with Gasteiger partial charge in [0.15, 0.2) is 0 Å². The zero-order valence-electron chi connectivity index (χ0n) is 22.6. The molecule has 39 heavy (non-hydrogen) atoms. The molecule has 3 amide bonds. The van der Waals surface area contributed by atoms with Crippen molar-refractivity contribution >= 4 is 23.7 Å². The highest BCUT2D eigenvalue weighted by Gasteiger charge is 2.32. The van der Waals surface area contributed by atoms with Gasteiger partial charge >= 0.3 is 5.97 Å². The number of nitrogens with zero attached hydrogens (tertiary/aromatic N) is 1. The third-order valence-electron chi connectivity index (χ3n) is 6.60. The zero-order valence-corrected chi connectivity index (χ0v) is 22.6. The first kappa shape index (κ1) is 31.4. The lowest BCUT2D eigenvalue weighted by atomic mass is 9.96. The van der Waals surface area contributed by atoms with Gasteiger partial charge in [0.2, 0.25) is 17.7 Å². The van der Waals surface area contributed by atoms with E-state index < -0.39 is 47.9 Å². The first-order valence-electron chi connectivity index (χ1n) is 13.3. The summed E-state index contributed by atoms with van der Waals surface area (Å²) in [5.41, 5.74) is 13.2. The number of aromatic nitrogens is 2. The van der Waals surface area contributed by atoms with Crippen LogP contribution >= 0.6 is 0 Å². The molecule has 0 aliphatic heterocycles. The molecule has 12 nitrogen and oxygen atoms in total. The molecule has 5 atom stereocenters. The maximum absolute atomic E-state index is 13.4. The van der Waals surface area contributed by atoms with Gasteiger partial charge in [0.05, 0.1) is 12.4 Å². The summed E-state index contributed by atoms with van der Waals surface area (Å²) in [4.78, 5) is 57.9. The van der Waals surface area contributed by atoms with E-state index in [0.29, 0.717) is 37.9 Å². The van der Waals surface area contributed by atoms with Gasteiger partial charge in [0, 0.05) is 18.3 Å². The molecule has 0 spiro atoms. The average molecular weight is 544 g/mol. The van der Waals surface area contributed by atoms with Crippen LogP contribution in [-0.4, -0.2) is 69.5 Å². The number of nitrogens with one attached hydrogen (secondary N) is 4.